The number of rotatable bonds is 8. The van der Waals surface area contributed by atoms with Crippen LogP contribution in [-0.4, -0.2) is 34.7 Å². The number of sulfone groups is 1. The highest BCUT2D eigenvalue weighted by atomic mass is 32.2. The minimum atomic E-state index is -3.45. The van der Waals surface area contributed by atoms with Gasteiger partial charge < -0.3 is 9.47 Å². The lowest BCUT2D eigenvalue weighted by molar-refractivity contribution is 0.0468. The Morgan fingerprint density at radius 2 is 1.75 bits per heavy atom. The number of carbonyl (C=O) groups is 1. The van der Waals surface area contributed by atoms with Crippen LogP contribution in [0, 0.1) is 0 Å². The third-order valence-electron chi connectivity index (χ3n) is 3.35. The highest BCUT2D eigenvalue weighted by Crippen LogP contribution is 2.17. The molecule has 5 nitrogen and oxygen atoms in total. The van der Waals surface area contributed by atoms with Crippen LogP contribution in [0.4, 0.5) is 0 Å². The number of ether oxygens (including phenoxy) is 2. The molecule has 0 bridgehead atoms. The Kier molecular flexibility index (Phi) is 6.52. The first-order valence-corrected chi connectivity index (χ1v) is 9.21. The average molecular weight is 348 g/mol. The summed E-state index contributed by atoms with van der Waals surface area (Å²) in [7, 11) is -1.87. The van der Waals surface area contributed by atoms with Crippen LogP contribution in [0.2, 0.25) is 0 Å². The van der Waals surface area contributed by atoms with E-state index in [9.17, 15) is 13.2 Å². The molecule has 0 heterocycles. The predicted octanol–water partition coefficient (Wildman–Crippen LogP) is 2.85. The Morgan fingerprint density at radius 3 is 2.46 bits per heavy atom. The van der Waals surface area contributed by atoms with E-state index >= 15 is 0 Å². The van der Waals surface area contributed by atoms with E-state index in [2.05, 4.69) is 0 Å². The van der Waals surface area contributed by atoms with Crippen LogP contribution in [0.25, 0.3) is 0 Å². The van der Waals surface area contributed by atoms with Gasteiger partial charge in [-0.3, -0.25) is 0 Å². The van der Waals surface area contributed by atoms with E-state index in [1.54, 1.807) is 61.7 Å². The molecule has 0 N–H and O–H groups in total. The van der Waals surface area contributed by atoms with Gasteiger partial charge in [-0.15, -0.1) is 0 Å². The summed E-state index contributed by atoms with van der Waals surface area (Å²) in [6.45, 7) is 0.780. The normalized spacial score (nSPS) is 11.2. The van der Waals surface area contributed by atoms with Crippen molar-refractivity contribution >= 4 is 15.8 Å². The minimum Gasteiger partial charge on any atom is -0.462 e. The summed E-state index contributed by atoms with van der Waals surface area (Å²) in [5.41, 5.74) is 0.887. The van der Waals surface area contributed by atoms with Crippen molar-refractivity contribution in [3.05, 3.63) is 65.7 Å². The van der Waals surface area contributed by atoms with E-state index in [0.29, 0.717) is 24.2 Å². The van der Waals surface area contributed by atoms with Gasteiger partial charge in [0.1, 0.15) is 0 Å². The van der Waals surface area contributed by atoms with E-state index in [-0.39, 0.29) is 17.3 Å². The predicted molar refractivity (Wildman–Crippen MR) is 90.5 cm³/mol. The van der Waals surface area contributed by atoms with Crippen molar-refractivity contribution in [2.75, 3.05) is 20.3 Å². The number of methoxy groups -OCH3 is 1. The standard InChI is InChI=1S/C18H20O5S/c1-22-11-6-12-23-18(19)16-8-5-7-15(13-16)14-24(20,21)17-9-3-2-4-10-17/h2-5,7-10,13H,6,11-12,14H2,1H3. The second-order valence-electron chi connectivity index (χ2n) is 5.25. The maximum Gasteiger partial charge on any atom is 0.338 e. The fraction of sp³-hybridized carbons (Fsp3) is 0.278. The molecule has 6 heteroatoms. The largest absolute Gasteiger partial charge is 0.462 e. The number of benzene rings is 2. The second kappa shape index (κ2) is 8.61. The van der Waals surface area contributed by atoms with Gasteiger partial charge >= 0.3 is 5.97 Å². The van der Waals surface area contributed by atoms with E-state index in [4.69, 9.17) is 9.47 Å². The SMILES string of the molecule is COCCCOC(=O)c1cccc(CS(=O)(=O)c2ccccc2)c1. The van der Waals surface area contributed by atoms with Crippen LogP contribution in [0.1, 0.15) is 22.3 Å². The molecule has 24 heavy (non-hydrogen) atoms. The quantitative estimate of drug-likeness (QED) is 0.542. The second-order valence-corrected chi connectivity index (χ2v) is 7.24. The van der Waals surface area contributed by atoms with Gasteiger partial charge in [0.15, 0.2) is 9.84 Å². The lowest BCUT2D eigenvalue weighted by Gasteiger charge is -2.07. The fourth-order valence-corrected chi connectivity index (χ4v) is 3.53. The molecule has 0 saturated heterocycles. The third-order valence-corrected chi connectivity index (χ3v) is 5.05. The third kappa shape index (κ3) is 5.18. The van der Waals surface area contributed by atoms with Gasteiger partial charge in [0.05, 0.1) is 22.8 Å². The Balaban J connectivity index is 2.06. The summed E-state index contributed by atoms with van der Waals surface area (Å²) in [4.78, 5) is 12.2. The maximum atomic E-state index is 12.4. The number of esters is 1. The van der Waals surface area contributed by atoms with Crippen LogP contribution in [0.3, 0.4) is 0 Å². The maximum absolute atomic E-state index is 12.4. The van der Waals surface area contributed by atoms with E-state index < -0.39 is 15.8 Å². The molecule has 0 aliphatic heterocycles. The molecule has 2 aromatic carbocycles. The molecule has 0 aliphatic rings. The summed E-state index contributed by atoms with van der Waals surface area (Å²) < 4.78 is 34.8. The average Bonchev–Trinajstić information content (AvgIpc) is 2.59. The van der Waals surface area contributed by atoms with Crippen molar-refractivity contribution in [1.82, 2.24) is 0 Å². The highest BCUT2D eigenvalue weighted by Gasteiger charge is 2.16. The lowest BCUT2D eigenvalue weighted by atomic mass is 10.1. The van der Waals surface area contributed by atoms with Gasteiger partial charge in [-0.05, 0) is 29.8 Å². The molecule has 0 fully saturated rings. The van der Waals surface area contributed by atoms with Gasteiger partial charge in [-0.2, -0.15) is 0 Å². The molecule has 2 rings (SSSR count). The monoisotopic (exact) mass is 348 g/mol. The smallest absolute Gasteiger partial charge is 0.338 e. The molecular weight excluding hydrogens is 328 g/mol. The lowest BCUT2D eigenvalue weighted by Crippen LogP contribution is -2.09. The van der Waals surface area contributed by atoms with Gasteiger partial charge in [0.25, 0.3) is 0 Å². The Morgan fingerprint density at radius 1 is 1.00 bits per heavy atom. The van der Waals surface area contributed by atoms with Crippen LogP contribution in [-0.2, 0) is 25.1 Å². The molecule has 0 spiro atoms. The Hall–Kier alpha value is -2.18. The van der Waals surface area contributed by atoms with Crippen molar-refractivity contribution in [2.45, 2.75) is 17.1 Å². The van der Waals surface area contributed by atoms with Crippen LogP contribution >= 0.6 is 0 Å². The van der Waals surface area contributed by atoms with E-state index in [1.165, 1.54) is 0 Å². The summed E-state index contributed by atoms with van der Waals surface area (Å²) in [6.07, 6.45) is 0.615. The molecule has 0 unspecified atom stereocenters. The number of hydrogen-bond donors (Lipinski definition) is 0. The van der Waals surface area contributed by atoms with E-state index in [1.807, 2.05) is 0 Å². The molecule has 0 atom stereocenters. The molecule has 0 radical (unpaired) electrons. The highest BCUT2D eigenvalue weighted by molar-refractivity contribution is 7.90. The zero-order valence-corrected chi connectivity index (χ0v) is 14.3. The van der Waals surface area contributed by atoms with Crippen molar-refractivity contribution in [3.63, 3.8) is 0 Å². The zero-order chi connectivity index (χ0) is 17.4. The number of carbonyl (C=O) groups excluding carboxylic acids is 1. The van der Waals surface area contributed by atoms with Gasteiger partial charge in [0.2, 0.25) is 0 Å². The van der Waals surface area contributed by atoms with Gasteiger partial charge in [-0.1, -0.05) is 30.3 Å². The summed E-state index contributed by atoms with van der Waals surface area (Å²) in [5.74, 6) is -0.632. The van der Waals surface area contributed by atoms with Crippen LogP contribution < -0.4 is 0 Å². The zero-order valence-electron chi connectivity index (χ0n) is 13.5. The topological polar surface area (TPSA) is 69.7 Å². The molecule has 2 aromatic rings. The van der Waals surface area contributed by atoms with Crippen molar-refractivity contribution in [3.8, 4) is 0 Å². The molecule has 0 amide bonds. The molecule has 0 saturated carbocycles. The summed E-state index contributed by atoms with van der Waals surface area (Å²) in [6, 6.07) is 14.7. The summed E-state index contributed by atoms with van der Waals surface area (Å²) in [5, 5.41) is 0. The van der Waals surface area contributed by atoms with Gasteiger partial charge in [0, 0.05) is 20.1 Å². The first kappa shape index (κ1) is 18.2. The number of hydrogen-bond acceptors (Lipinski definition) is 5. The molecule has 0 aromatic heterocycles. The minimum absolute atomic E-state index is 0.165. The Bertz CT molecular complexity index is 769. The van der Waals surface area contributed by atoms with Crippen molar-refractivity contribution in [2.24, 2.45) is 0 Å². The van der Waals surface area contributed by atoms with E-state index in [0.717, 1.165) is 0 Å². The first-order valence-electron chi connectivity index (χ1n) is 7.56. The Labute approximate surface area is 142 Å². The van der Waals surface area contributed by atoms with Crippen molar-refractivity contribution in [1.29, 1.82) is 0 Å². The first-order chi connectivity index (χ1) is 11.5. The molecular formula is C18H20O5S. The van der Waals surface area contributed by atoms with Crippen LogP contribution in [0.15, 0.2) is 59.5 Å². The molecule has 128 valence electrons. The summed E-state index contributed by atoms with van der Waals surface area (Å²) >= 11 is 0. The van der Waals surface area contributed by atoms with Crippen LogP contribution in [0.5, 0.6) is 0 Å². The van der Waals surface area contributed by atoms with Crippen molar-refractivity contribution < 1.29 is 22.7 Å². The molecule has 0 aliphatic carbocycles. The van der Waals surface area contributed by atoms with Gasteiger partial charge in [-0.25, -0.2) is 13.2 Å². The fourth-order valence-electron chi connectivity index (χ4n) is 2.17.